The Labute approximate surface area is 120 Å². The van der Waals surface area contributed by atoms with Crippen LogP contribution in [0.25, 0.3) is 0 Å². The molecule has 0 spiro atoms. The second-order valence-electron chi connectivity index (χ2n) is 4.05. The number of benzene rings is 1. The highest BCUT2D eigenvalue weighted by molar-refractivity contribution is 6.02. The molecule has 0 bridgehead atoms. The number of nitrogens with two attached hydrogens (primary N) is 1. The van der Waals surface area contributed by atoms with Gasteiger partial charge in [0.25, 0.3) is 5.91 Å². The fraction of sp³-hybridized carbons (Fsp3) is 0.286. The molecule has 19 heavy (non-hydrogen) atoms. The monoisotopic (exact) mass is 264 g/mol. The molecule has 1 aromatic rings. The smallest absolute Gasteiger partial charge is 0.255 e. The summed E-state index contributed by atoms with van der Waals surface area (Å²) < 4.78 is 57.1. The zero-order chi connectivity index (χ0) is 19.9. The number of amides is 2. The maximum Gasteiger partial charge on any atom is 0.255 e. The molecule has 2 heterocycles. The van der Waals surface area contributed by atoms with Gasteiger partial charge in [-0.05, 0) is 24.9 Å². The third-order valence-corrected chi connectivity index (χ3v) is 2.79. The molecular weight excluding hydrogens is 242 g/mol. The van der Waals surface area contributed by atoms with Gasteiger partial charge in [-0.3, -0.25) is 9.59 Å². The van der Waals surface area contributed by atoms with Crippen LogP contribution in [0.2, 0.25) is 0 Å². The van der Waals surface area contributed by atoms with Crippen LogP contribution < -0.4 is 11.1 Å². The average Bonchev–Trinajstić information content (AvgIpc) is 2.72. The van der Waals surface area contributed by atoms with E-state index in [1.807, 2.05) is 5.32 Å². The number of piperidine rings is 1. The summed E-state index contributed by atoms with van der Waals surface area (Å²) in [6.07, 6.45) is -6.24. The van der Waals surface area contributed by atoms with Crippen molar-refractivity contribution in [1.82, 2.24) is 10.2 Å². The summed E-state index contributed by atoms with van der Waals surface area (Å²) >= 11 is 0. The van der Waals surface area contributed by atoms with Gasteiger partial charge < -0.3 is 16.0 Å². The van der Waals surface area contributed by atoms with Crippen molar-refractivity contribution in [2.45, 2.75) is 25.3 Å². The van der Waals surface area contributed by atoms with E-state index in [1.165, 1.54) is 18.2 Å². The van der Waals surface area contributed by atoms with Crippen LogP contribution in [0, 0.1) is 0 Å². The van der Waals surface area contributed by atoms with Gasteiger partial charge in [-0.25, -0.2) is 0 Å². The lowest BCUT2D eigenvalue weighted by Gasteiger charge is -2.30. The molecule has 3 N–H and O–H groups in total. The topological polar surface area (TPSA) is 75.4 Å². The Hall–Kier alpha value is -2.30. The van der Waals surface area contributed by atoms with Crippen LogP contribution in [0.15, 0.2) is 30.5 Å². The first-order chi connectivity index (χ1) is 11.7. The number of allylic oxidation sites excluding steroid dienone is 1. The van der Waals surface area contributed by atoms with Gasteiger partial charge >= 0.3 is 0 Å². The highest BCUT2D eigenvalue weighted by Gasteiger charge is 2.38. The minimum Gasteiger partial charge on any atom is -0.398 e. The molecular formula is C14H15N3O2. The molecule has 1 saturated heterocycles. The minimum absolute atomic E-state index is 0.101. The number of hydrogen-bond acceptors (Lipinski definition) is 3. The van der Waals surface area contributed by atoms with Crippen LogP contribution in [0.3, 0.4) is 0 Å². The van der Waals surface area contributed by atoms with Crippen molar-refractivity contribution >= 4 is 17.5 Å². The van der Waals surface area contributed by atoms with Crippen LogP contribution in [-0.2, 0) is 11.3 Å². The van der Waals surface area contributed by atoms with E-state index < -0.39 is 42.8 Å². The number of nitrogens with one attached hydrogen (secondary N) is 1. The van der Waals surface area contributed by atoms with Gasteiger partial charge in [0.1, 0.15) is 6.02 Å². The van der Waals surface area contributed by atoms with Gasteiger partial charge in [0.15, 0.2) is 0 Å². The van der Waals surface area contributed by atoms with Crippen molar-refractivity contribution in [3.8, 4) is 0 Å². The van der Waals surface area contributed by atoms with Crippen molar-refractivity contribution in [3.05, 3.63) is 41.6 Å². The Bertz CT molecular complexity index is 870. The molecule has 1 fully saturated rings. The summed E-state index contributed by atoms with van der Waals surface area (Å²) in [7, 11) is 0. The number of fused-ring (bicyclic) bond motifs is 1. The fourth-order valence-electron chi connectivity index (χ4n) is 1.89. The molecule has 1 atom stereocenters. The van der Waals surface area contributed by atoms with Crippen LogP contribution in [0.4, 0.5) is 5.69 Å². The summed E-state index contributed by atoms with van der Waals surface area (Å²) in [4.78, 5) is 25.5. The van der Waals surface area contributed by atoms with E-state index in [-0.39, 0.29) is 21.7 Å². The summed E-state index contributed by atoms with van der Waals surface area (Å²) in [6.45, 7) is 0.460. The Morgan fingerprint density at radius 2 is 2.32 bits per heavy atom. The van der Waals surface area contributed by atoms with Crippen molar-refractivity contribution < 1.29 is 19.2 Å². The van der Waals surface area contributed by atoms with Gasteiger partial charge in [0, 0.05) is 34.5 Å². The first-order valence-corrected chi connectivity index (χ1v) is 5.47. The molecule has 0 saturated carbocycles. The SMILES string of the molecule is [2H]C1([2H])c2c(N)cccc2C(=O)N1[C@@]1([2H])C(=O)NC(=C)C([2H])([2H])C1([2H])[2H]. The molecule has 2 amide bonds. The first-order valence-electron chi connectivity index (χ1n) is 8.97. The third-order valence-electron chi connectivity index (χ3n) is 2.79. The number of anilines is 1. The maximum atomic E-state index is 12.8. The van der Waals surface area contributed by atoms with E-state index in [9.17, 15) is 9.59 Å². The van der Waals surface area contributed by atoms with Crippen molar-refractivity contribution in [3.63, 3.8) is 0 Å². The molecule has 0 aliphatic carbocycles. The Morgan fingerprint density at radius 1 is 1.53 bits per heavy atom. The summed E-state index contributed by atoms with van der Waals surface area (Å²) in [6, 6.07) is 0.725. The third kappa shape index (κ3) is 1.78. The van der Waals surface area contributed by atoms with Crippen molar-refractivity contribution in [2.75, 3.05) is 5.73 Å². The maximum absolute atomic E-state index is 12.8. The lowest BCUT2D eigenvalue weighted by molar-refractivity contribution is -0.126. The fourth-order valence-corrected chi connectivity index (χ4v) is 1.89. The number of nitrogens with zero attached hydrogens (tertiary/aromatic N) is 1. The summed E-state index contributed by atoms with van der Waals surface area (Å²) in [5.41, 5.74) is 4.55. The molecule has 0 aromatic heterocycles. The normalized spacial score (nSPS) is 39.7. The zero-order valence-corrected chi connectivity index (χ0v) is 9.78. The van der Waals surface area contributed by atoms with E-state index in [2.05, 4.69) is 6.58 Å². The molecule has 98 valence electrons. The lowest BCUT2D eigenvalue weighted by Crippen LogP contribution is -2.49. The van der Waals surface area contributed by atoms with Crippen LogP contribution in [0.1, 0.15) is 38.3 Å². The first kappa shape index (κ1) is 6.23. The number of nitrogen functional groups attached to an aromatic ring is 1. The highest BCUT2D eigenvalue weighted by Crippen LogP contribution is 2.31. The number of hydrogen-bond donors (Lipinski definition) is 2. The molecule has 2 aliphatic heterocycles. The Kier molecular flexibility index (Phi) is 1.35. The molecule has 2 aliphatic rings. The second kappa shape index (κ2) is 4.12. The Balaban J connectivity index is 2.29. The molecule has 0 unspecified atom stereocenters. The quantitative estimate of drug-likeness (QED) is 0.743. The number of carbonyl (C=O) groups is 2. The predicted octanol–water partition coefficient (Wildman–Crippen LogP) is 1.02. The lowest BCUT2D eigenvalue weighted by atomic mass is 10.0. The second-order valence-corrected chi connectivity index (χ2v) is 4.05. The molecule has 5 heteroatoms. The Morgan fingerprint density at radius 3 is 3.05 bits per heavy atom. The van der Waals surface area contributed by atoms with E-state index in [4.69, 9.17) is 15.3 Å². The zero-order valence-electron chi connectivity index (χ0n) is 16.8. The highest BCUT2D eigenvalue weighted by atomic mass is 16.2. The standard InChI is InChI=1S/C14H15N3O2/c1-8-5-6-12(13(18)16-8)17-7-10-9(14(17)19)3-2-4-11(10)15/h2-4,12H,1,5-7,15H2,(H,16,18)/t12-/m1/s1/i5D2,6D2,7D2,12D. The summed E-state index contributed by atoms with van der Waals surface area (Å²) in [5.74, 6) is -2.53. The van der Waals surface area contributed by atoms with Gasteiger partial charge in [0.2, 0.25) is 5.91 Å². The van der Waals surface area contributed by atoms with Gasteiger partial charge in [0.05, 0.1) is 4.11 Å². The number of rotatable bonds is 1. The number of carbonyl (C=O) groups excluding carboxylic acids is 2. The van der Waals surface area contributed by atoms with Crippen molar-refractivity contribution in [1.29, 1.82) is 0 Å². The van der Waals surface area contributed by atoms with Gasteiger partial charge in [-0.1, -0.05) is 12.6 Å². The van der Waals surface area contributed by atoms with E-state index in [0.29, 0.717) is 0 Å². The van der Waals surface area contributed by atoms with Crippen LogP contribution in [0.5, 0.6) is 0 Å². The van der Waals surface area contributed by atoms with Gasteiger partial charge in [-0.15, -0.1) is 0 Å². The van der Waals surface area contributed by atoms with Gasteiger partial charge in [-0.2, -0.15) is 0 Å². The largest absolute Gasteiger partial charge is 0.398 e. The molecule has 3 rings (SSSR count). The van der Waals surface area contributed by atoms with E-state index in [1.54, 1.807) is 0 Å². The van der Waals surface area contributed by atoms with E-state index >= 15 is 0 Å². The minimum atomic E-state index is -3.31. The molecule has 1 aromatic carbocycles. The van der Waals surface area contributed by atoms with Crippen LogP contribution >= 0.6 is 0 Å². The van der Waals surface area contributed by atoms with E-state index in [0.717, 1.165) is 0 Å². The molecule has 0 radical (unpaired) electrons. The van der Waals surface area contributed by atoms with Crippen molar-refractivity contribution in [2.24, 2.45) is 0 Å². The van der Waals surface area contributed by atoms with Crippen LogP contribution in [-0.4, -0.2) is 22.7 Å². The molecule has 5 nitrogen and oxygen atoms in total. The summed E-state index contributed by atoms with van der Waals surface area (Å²) in [5, 5.41) is 1.96. The average molecular weight is 264 g/mol. The predicted molar refractivity (Wildman–Crippen MR) is 71.0 cm³/mol.